The number of hydrogen-bond acceptors (Lipinski definition) is 2. The van der Waals surface area contributed by atoms with Gasteiger partial charge in [0.25, 0.3) is 0 Å². The summed E-state index contributed by atoms with van der Waals surface area (Å²) >= 11 is 0. The molecule has 12 aromatic rings. The highest BCUT2D eigenvalue weighted by Gasteiger charge is 2.52. The molecule has 0 unspecified atom stereocenters. The average Bonchev–Trinajstić information content (AvgIpc) is 4.07. The van der Waals surface area contributed by atoms with E-state index in [1.165, 1.54) is 88.7 Å². The van der Waals surface area contributed by atoms with Crippen LogP contribution in [0.15, 0.2) is 241 Å². The Kier molecular flexibility index (Phi) is 9.98. The molecular formula is C73H57NO. The first-order valence-corrected chi connectivity index (χ1v) is 26.5. The van der Waals surface area contributed by atoms with E-state index in [-0.39, 0.29) is 10.8 Å². The number of anilines is 3. The number of rotatable bonds is 6. The molecule has 1 spiro atoms. The highest BCUT2D eigenvalue weighted by molar-refractivity contribution is 6.12. The maximum absolute atomic E-state index is 6.36. The Morgan fingerprint density at radius 2 is 0.827 bits per heavy atom. The highest BCUT2D eigenvalue weighted by Crippen LogP contribution is 2.64. The lowest BCUT2D eigenvalue weighted by atomic mass is 9.68. The molecule has 2 nitrogen and oxygen atoms in total. The molecule has 1 heterocycles. The van der Waals surface area contributed by atoms with Crippen LogP contribution in [0.1, 0.15) is 74.9 Å². The molecule has 2 heteroatoms. The molecule has 75 heavy (non-hydrogen) atoms. The van der Waals surface area contributed by atoms with Crippen molar-refractivity contribution in [3.8, 4) is 55.6 Å². The molecule has 0 saturated heterocycles. The second kappa shape index (κ2) is 16.6. The summed E-state index contributed by atoms with van der Waals surface area (Å²) in [5.74, 6) is 0. The quantitative estimate of drug-likeness (QED) is 0.165. The van der Waals surface area contributed by atoms with Crippen molar-refractivity contribution in [2.75, 3.05) is 4.90 Å². The Morgan fingerprint density at radius 3 is 1.52 bits per heavy atom. The van der Waals surface area contributed by atoms with Crippen molar-refractivity contribution in [3.63, 3.8) is 0 Å². The molecule has 0 fully saturated rings. The van der Waals surface area contributed by atoms with Crippen LogP contribution < -0.4 is 4.90 Å². The maximum atomic E-state index is 6.36. The fourth-order valence-corrected chi connectivity index (χ4v) is 12.6. The molecule has 360 valence electrons. The number of fused-ring (bicyclic) bond motifs is 14. The molecular weight excluding hydrogens is 907 g/mol. The second-order valence-corrected chi connectivity index (χ2v) is 22.9. The first kappa shape index (κ1) is 44.9. The average molecular weight is 964 g/mol. The van der Waals surface area contributed by atoms with Gasteiger partial charge in [-0.05, 0) is 165 Å². The van der Waals surface area contributed by atoms with Gasteiger partial charge in [-0.15, -0.1) is 0 Å². The Balaban J connectivity index is 1.02. The third-order valence-electron chi connectivity index (χ3n) is 16.4. The lowest BCUT2D eigenvalue weighted by molar-refractivity contribution is 0.586. The minimum Gasteiger partial charge on any atom is -0.456 e. The molecule has 11 aromatic carbocycles. The van der Waals surface area contributed by atoms with Gasteiger partial charge in [0.2, 0.25) is 0 Å². The Morgan fingerprint density at radius 1 is 0.320 bits per heavy atom. The van der Waals surface area contributed by atoms with Crippen molar-refractivity contribution >= 4 is 49.8 Å². The van der Waals surface area contributed by atoms with E-state index in [2.05, 4.69) is 277 Å². The van der Waals surface area contributed by atoms with Gasteiger partial charge in [0.1, 0.15) is 11.2 Å². The van der Waals surface area contributed by atoms with E-state index >= 15 is 0 Å². The van der Waals surface area contributed by atoms with Gasteiger partial charge in [-0.2, -0.15) is 0 Å². The maximum Gasteiger partial charge on any atom is 0.136 e. The van der Waals surface area contributed by atoms with Gasteiger partial charge in [0.05, 0.1) is 5.41 Å². The minimum atomic E-state index is -0.593. The molecule has 0 bridgehead atoms. The van der Waals surface area contributed by atoms with Gasteiger partial charge >= 0.3 is 0 Å². The zero-order valence-electron chi connectivity index (χ0n) is 43.4. The van der Waals surface area contributed by atoms with Gasteiger partial charge in [-0.3, -0.25) is 0 Å². The predicted molar refractivity (Wildman–Crippen MR) is 316 cm³/mol. The van der Waals surface area contributed by atoms with Crippen LogP contribution in [0.3, 0.4) is 0 Å². The molecule has 0 saturated carbocycles. The summed E-state index contributed by atoms with van der Waals surface area (Å²) in [6.45, 7) is 14.1. The smallest absolute Gasteiger partial charge is 0.136 e. The molecule has 2 aliphatic carbocycles. The van der Waals surface area contributed by atoms with E-state index < -0.39 is 5.41 Å². The van der Waals surface area contributed by atoms with Gasteiger partial charge < -0.3 is 9.32 Å². The third kappa shape index (κ3) is 7.00. The monoisotopic (exact) mass is 963 g/mol. The van der Waals surface area contributed by atoms with E-state index in [1.54, 1.807) is 0 Å². The van der Waals surface area contributed by atoms with Crippen LogP contribution in [0.2, 0.25) is 0 Å². The summed E-state index contributed by atoms with van der Waals surface area (Å²) < 4.78 is 6.36. The number of hydrogen-bond donors (Lipinski definition) is 0. The fraction of sp³-hybridized carbons (Fsp3) is 0.123. The minimum absolute atomic E-state index is 0.0585. The van der Waals surface area contributed by atoms with Crippen LogP contribution >= 0.6 is 0 Å². The van der Waals surface area contributed by atoms with Crippen LogP contribution in [0.25, 0.3) is 88.3 Å². The second-order valence-electron chi connectivity index (χ2n) is 22.9. The molecule has 0 amide bonds. The van der Waals surface area contributed by atoms with Crippen LogP contribution in [0.5, 0.6) is 0 Å². The first-order valence-electron chi connectivity index (χ1n) is 26.5. The highest BCUT2D eigenvalue weighted by atomic mass is 16.3. The van der Waals surface area contributed by atoms with E-state index in [0.29, 0.717) is 0 Å². The molecule has 0 atom stereocenters. The fourth-order valence-electron chi connectivity index (χ4n) is 12.6. The molecule has 0 aliphatic heterocycles. The molecule has 0 N–H and O–H groups in total. The topological polar surface area (TPSA) is 16.4 Å². The summed E-state index contributed by atoms with van der Waals surface area (Å²) in [5.41, 5.74) is 24.7. The van der Waals surface area contributed by atoms with Crippen LogP contribution in [-0.2, 0) is 16.2 Å². The first-order chi connectivity index (χ1) is 36.4. The zero-order valence-corrected chi connectivity index (χ0v) is 43.4. The lowest BCUT2D eigenvalue weighted by Gasteiger charge is -2.34. The summed E-state index contributed by atoms with van der Waals surface area (Å²) in [4.78, 5) is 2.46. The molecule has 2 aliphatic rings. The summed E-state index contributed by atoms with van der Waals surface area (Å²) in [5, 5.41) is 4.78. The normalized spacial score (nSPS) is 13.3. The number of benzene rings is 11. The van der Waals surface area contributed by atoms with Crippen LogP contribution in [0, 0.1) is 0 Å². The standard InChI is InChI=1S/C73H57NO/c1-71(2,3)51-31-38-59-60-39-32-52(72(4,5)6)44-66(60)73(65(59)43-51)64-41-30-50(57-22-14-19-48-18-10-11-20-56(48)57)42-63(64)61-40-37-55(45-67(61)73)74(53-33-26-47(27-34-53)46-16-8-7-9-17-46)54-35-28-49(29-36-54)58-23-15-25-69-70(58)62-21-12-13-24-68(62)75-69/h7-45H,1-6H3. The van der Waals surface area contributed by atoms with E-state index in [9.17, 15) is 0 Å². The molecule has 14 rings (SSSR count). The van der Waals surface area contributed by atoms with Crippen LogP contribution in [-0.4, -0.2) is 0 Å². The Bertz CT molecular complexity index is 4170. The van der Waals surface area contributed by atoms with E-state index in [4.69, 9.17) is 4.42 Å². The van der Waals surface area contributed by atoms with Crippen molar-refractivity contribution in [1.29, 1.82) is 0 Å². The van der Waals surface area contributed by atoms with Crippen molar-refractivity contribution in [2.45, 2.75) is 57.8 Å². The van der Waals surface area contributed by atoms with Crippen LogP contribution in [0.4, 0.5) is 17.1 Å². The summed E-state index contributed by atoms with van der Waals surface area (Å²) in [6, 6.07) is 88.5. The SMILES string of the molecule is CC(C)(C)c1ccc2c(c1)C1(c3ccc(-c4cccc5ccccc45)cc3-c3ccc(N(c4ccc(-c5ccccc5)cc4)c4ccc(-c5cccc6oc7ccccc7c56)cc4)cc31)c1cc(C(C)(C)C)ccc1-2. The van der Waals surface area contributed by atoms with Crippen molar-refractivity contribution < 1.29 is 4.42 Å². The lowest BCUT2D eigenvalue weighted by Crippen LogP contribution is -2.27. The van der Waals surface area contributed by atoms with E-state index in [0.717, 1.165) is 50.1 Å². The summed E-state index contributed by atoms with van der Waals surface area (Å²) in [7, 11) is 0. The summed E-state index contributed by atoms with van der Waals surface area (Å²) in [6.07, 6.45) is 0. The van der Waals surface area contributed by atoms with Crippen molar-refractivity contribution in [3.05, 3.63) is 270 Å². The van der Waals surface area contributed by atoms with Gasteiger partial charge in [0, 0.05) is 27.8 Å². The van der Waals surface area contributed by atoms with Gasteiger partial charge in [0.15, 0.2) is 0 Å². The Hall–Kier alpha value is -8.72. The third-order valence-corrected chi connectivity index (χ3v) is 16.4. The largest absolute Gasteiger partial charge is 0.456 e. The number of furan rings is 1. The number of nitrogens with zero attached hydrogens (tertiary/aromatic N) is 1. The van der Waals surface area contributed by atoms with Gasteiger partial charge in [-0.1, -0.05) is 224 Å². The molecule has 1 aromatic heterocycles. The van der Waals surface area contributed by atoms with Gasteiger partial charge in [-0.25, -0.2) is 0 Å². The van der Waals surface area contributed by atoms with Crippen molar-refractivity contribution in [1.82, 2.24) is 0 Å². The van der Waals surface area contributed by atoms with E-state index in [1.807, 2.05) is 6.07 Å². The van der Waals surface area contributed by atoms with Crippen molar-refractivity contribution in [2.24, 2.45) is 0 Å². The molecule has 0 radical (unpaired) electrons. The Labute approximate surface area is 440 Å². The predicted octanol–water partition coefficient (Wildman–Crippen LogP) is 20.1. The zero-order chi connectivity index (χ0) is 50.8. The number of para-hydroxylation sites is 1.